The number of hydrogen-bond acceptors (Lipinski definition) is 7. The third-order valence-corrected chi connectivity index (χ3v) is 6.03. The minimum Gasteiger partial charge on any atom is -0.497 e. The molecule has 33 heavy (non-hydrogen) atoms. The first-order valence-corrected chi connectivity index (χ1v) is 11.2. The van der Waals surface area contributed by atoms with E-state index >= 15 is 0 Å². The number of piperazine rings is 1. The zero-order valence-electron chi connectivity index (χ0n) is 19.2. The van der Waals surface area contributed by atoms with Crippen molar-refractivity contribution in [1.82, 2.24) is 20.0 Å². The molecule has 2 saturated heterocycles. The number of rotatable bonds is 8. The quantitative estimate of drug-likeness (QED) is 0.565. The highest BCUT2D eigenvalue weighted by molar-refractivity contribution is 5.95. The zero-order chi connectivity index (χ0) is 23.8. The van der Waals surface area contributed by atoms with Gasteiger partial charge in [0.25, 0.3) is 5.91 Å². The summed E-state index contributed by atoms with van der Waals surface area (Å²) in [5.41, 5.74) is 0.483. The maximum Gasteiger partial charge on any atom is 0.254 e. The van der Waals surface area contributed by atoms with E-state index in [2.05, 4.69) is 11.4 Å². The number of benzene rings is 1. The Labute approximate surface area is 194 Å². The molecule has 2 aliphatic rings. The number of likely N-dealkylation sites (tertiary alicyclic amines) is 1. The number of nitrogens with one attached hydrogen (secondary N) is 1. The number of amides is 3. The van der Waals surface area contributed by atoms with Gasteiger partial charge in [0.1, 0.15) is 17.5 Å². The lowest BCUT2D eigenvalue weighted by Gasteiger charge is -2.35. The summed E-state index contributed by atoms with van der Waals surface area (Å²) in [6.07, 6.45) is 1.85. The molecule has 2 heterocycles. The summed E-state index contributed by atoms with van der Waals surface area (Å²) >= 11 is 0. The van der Waals surface area contributed by atoms with E-state index in [9.17, 15) is 14.4 Å². The van der Waals surface area contributed by atoms with E-state index < -0.39 is 0 Å². The van der Waals surface area contributed by atoms with Crippen LogP contribution in [0.4, 0.5) is 0 Å². The average molecular weight is 458 g/mol. The number of ether oxygens (including phenoxy) is 2. The average Bonchev–Trinajstić information content (AvgIpc) is 3.34. The molecule has 0 saturated carbocycles. The highest BCUT2D eigenvalue weighted by Gasteiger charge is 2.28. The van der Waals surface area contributed by atoms with Crippen LogP contribution in [0.25, 0.3) is 0 Å². The van der Waals surface area contributed by atoms with Gasteiger partial charge in [-0.1, -0.05) is 0 Å². The molecule has 1 atom stereocenters. The Bertz CT molecular complexity index is 885. The number of hydrogen-bond donors (Lipinski definition) is 1. The molecular weight excluding hydrogens is 426 g/mol. The van der Waals surface area contributed by atoms with Gasteiger partial charge in [-0.2, -0.15) is 5.26 Å². The standard InChI is InChI=1S/C23H31N5O5/c1-32-19-12-17(13-20(14-19)33-2)23(31)27-10-8-26(9-11-27)21(29)5-6-25-16-22(30)28-7-3-4-18(28)15-24/h12-14,18,25H,3-11,16H2,1-2H3/t18-/m0/s1. The molecule has 3 rings (SSSR count). The summed E-state index contributed by atoms with van der Waals surface area (Å²) < 4.78 is 10.5. The fourth-order valence-corrected chi connectivity index (χ4v) is 4.12. The van der Waals surface area contributed by atoms with Crippen LogP contribution in [0, 0.1) is 11.3 Å². The van der Waals surface area contributed by atoms with Gasteiger partial charge >= 0.3 is 0 Å². The van der Waals surface area contributed by atoms with Crippen molar-refractivity contribution in [3.63, 3.8) is 0 Å². The Balaban J connectivity index is 1.40. The van der Waals surface area contributed by atoms with Gasteiger partial charge in [-0.3, -0.25) is 14.4 Å². The first-order chi connectivity index (χ1) is 16.0. The molecule has 2 aliphatic heterocycles. The Kier molecular flexibility index (Phi) is 8.49. The fraction of sp³-hybridized carbons (Fsp3) is 0.565. The monoisotopic (exact) mass is 457 g/mol. The van der Waals surface area contributed by atoms with Crippen molar-refractivity contribution < 1.29 is 23.9 Å². The number of methoxy groups -OCH3 is 2. The largest absolute Gasteiger partial charge is 0.497 e. The molecule has 3 amide bonds. The summed E-state index contributed by atoms with van der Waals surface area (Å²) in [5, 5.41) is 12.1. The Morgan fingerprint density at radius 2 is 1.64 bits per heavy atom. The molecule has 10 nitrogen and oxygen atoms in total. The number of carbonyl (C=O) groups excluding carboxylic acids is 3. The van der Waals surface area contributed by atoms with Crippen LogP contribution < -0.4 is 14.8 Å². The van der Waals surface area contributed by atoms with E-state index in [0.29, 0.717) is 56.3 Å². The highest BCUT2D eigenvalue weighted by atomic mass is 16.5. The van der Waals surface area contributed by atoms with Crippen molar-refractivity contribution in [2.75, 3.05) is 60.0 Å². The van der Waals surface area contributed by atoms with Gasteiger partial charge < -0.3 is 29.5 Å². The van der Waals surface area contributed by atoms with Crippen LogP contribution in [0.5, 0.6) is 11.5 Å². The first kappa shape index (κ1) is 24.3. The molecule has 0 spiro atoms. The summed E-state index contributed by atoms with van der Waals surface area (Å²) in [5.74, 6) is 0.849. The lowest BCUT2D eigenvalue weighted by atomic mass is 10.1. The SMILES string of the molecule is COc1cc(OC)cc(C(=O)N2CCN(C(=O)CCNCC(=O)N3CCC[C@H]3C#N)CC2)c1. The second kappa shape index (κ2) is 11.5. The van der Waals surface area contributed by atoms with Crippen LogP contribution in [0.1, 0.15) is 29.6 Å². The van der Waals surface area contributed by atoms with Gasteiger partial charge in [0, 0.05) is 57.3 Å². The molecule has 0 aliphatic carbocycles. The van der Waals surface area contributed by atoms with Crippen molar-refractivity contribution in [3.05, 3.63) is 23.8 Å². The predicted molar refractivity (Wildman–Crippen MR) is 120 cm³/mol. The van der Waals surface area contributed by atoms with Crippen molar-refractivity contribution in [1.29, 1.82) is 5.26 Å². The molecular formula is C23H31N5O5. The number of nitrogens with zero attached hydrogens (tertiary/aromatic N) is 4. The summed E-state index contributed by atoms with van der Waals surface area (Å²) in [4.78, 5) is 42.7. The van der Waals surface area contributed by atoms with Gasteiger partial charge in [-0.25, -0.2) is 0 Å². The maximum atomic E-state index is 12.9. The fourth-order valence-electron chi connectivity index (χ4n) is 4.12. The van der Waals surface area contributed by atoms with Crippen LogP contribution in [0.15, 0.2) is 18.2 Å². The molecule has 0 aromatic heterocycles. The van der Waals surface area contributed by atoms with Crippen LogP contribution in [-0.2, 0) is 9.59 Å². The van der Waals surface area contributed by atoms with Crippen LogP contribution in [0.3, 0.4) is 0 Å². The molecule has 0 unspecified atom stereocenters. The molecule has 178 valence electrons. The second-order valence-electron chi connectivity index (χ2n) is 8.08. The van der Waals surface area contributed by atoms with E-state index in [0.717, 1.165) is 12.8 Å². The molecule has 10 heteroatoms. The third-order valence-electron chi connectivity index (χ3n) is 6.03. The molecule has 0 bridgehead atoms. The predicted octanol–water partition coefficient (Wildman–Crippen LogP) is 0.482. The van der Waals surface area contributed by atoms with E-state index in [1.807, 2.05) is 0 Å². The summed E-state index contributed by atoms with van der Waals surface area (Å²) in [7, 11) is 3.07. The second-order valence-corrected chi connectivity index (χ2v) is 8.08. The maximum absolute atomic E-state index is 12.9. The highest BCUT2D eigenvalue weighted by Crippen LogP contribution is 2.24. The minimum atomic E-state index is -0.335. The number of carbonyl (C=O) groups is 3. The molecule has 1 N–H and O–H groups in total. The lowest BCUT2D eigenvalue weighted by molar-refractivity contribution is -0.133. The first-order valence-electron chi connectivity index (χ1n) is 11.2. The van der Waals surface area contributed by atoms with Crippen LogP contribution in [-0.4, -0.2) is 98.5 Å². The van der Waals surface area contributed by atoms with Gasteiger partial charge in [0.2, 0.25) is 11.8 Å². The van der Waals surface area contributed by atoms with E-state index in [1.54, 1.807) is 32.9 Å². The Hall–Kier alpha value is -3.32. The van der Waals surface area contributed by atoms with Gasteiger partial charge in [0.05, 0.1) is 26.8 Å². The Morgan fingerprint density at radius 1 is 1.00 bits per heavy atom. The van der Waals surface area contributed by atoms with E-state index in [-0.39, 0.29) is 36.7 Å². The van der Waals surface area contributed by atoms with Crippen molar-refractivity contribution in [2.24, 2.45) is 0 Å². The molecule has 0 radical (unpaired) electrons. The van der Waals surface area contributed by atoms with Crippen LogP contribution >= 0.6 is 0 Å². The Morgan fingerprint density at radius 3 is 2.24 bits per heavy atom. The van der Waals surface area contributed by atoms with Crippen LogP contribution in [0.2, 0.25) is 0 Å². The zero-order valence-corrected chi connectivity index (χ0v) is 19.2. The minimum absolute atomic E-state index is 0.0128. The summed E-state index contributed by atoms with van der Waals surface area (Å²) in [6, 6.07) is 6.88. The van der Waals surface area contributed by atoms with Gasteiger partial charge in [0.15, 0.2) is 0 Å². The van der Waals surface area contributed by atoms with Crippen molar-refractivity contribution in [3.8, 4) is 17.6 Å². The molecule has 1 aromatic rings. The van der Waals surface area contributed by atoms with Gasteiger partial charge in [-0.05, 0) is 25.0 Å². The van der Waals surface area contributed by atoms with E-state index in [4.69, 9.17) is 14.7 Å². The topological polar surface area (TPSA) is 115 Å². The number of nitriles is 1. The van der Waals surface area contributed by atoms with Crippen molar-refractivity contribution in [2.45, 2.75) is 25.3 Å². The third kappa shape index (κ3) is 6.14. The van der Waals surface area contributed by atoms with Crippen molar-refractivity contribution >= 4 is 17.7 Å². The normalized spacial score (nSPS) is 18.1. The smallest absolute Gasteiger partial charge is 0.254 e. The van der Waals surface area contributed by atoms with Gasteiger partial charge in [-0.15, -0.1) is 0 Å². The summed E-state index contributed by atoms with van der Waals surface area (Å²) in [6.45, 7) is 2.94. The lowest BCUT2D eigenvalue weighted by Crippen LogP contribution is -2.51. The van der Waals surface area contributed by atoms with E-state index in [1.165, 1.54) is 14.2 Å². The molecule has 1 aromatic carbocycles. The molecule has 2 fully saturated rings.